The fraction of sp³-hybridized carbons (Fsp3) is 0.462. The molecule has 1 aliphatic rings. The van der Waals surface area contributed by atoms with Gasteiger partial charge in [-0.3, -0.25) is 4.79 Å². The van der Waals surface area contributed by atoms with Crippen LogP contribution in [0, 0.1) is 0 Å². The van der Waals surface area contributed by atoms with Gasteiger partial charge in [0.25, 0.3) is 0 Å². The first-order valence-electron chi connectivity index (χ1n) is 5.80. The van der Waals surface area contributed by atoms with Crippen molar-refractivity contribution in [3.05, 3.63) is 29.3 Å². The Morgan fingerprint density at radius 1 is 1.53 bits per heavy atom. The van der Waals surface area contributed by atoms with Crippen LogP contribution in [0.1, 0.15) is 11.1 Å². The van der Waals surface area contributed by atoms with Gasteiger partial charge in [0, 0.05) is 20.0 Å². The summed E-state index contributed by atoms with van der Waals surface area (Å²) >= 11 is 0. The van der Waals surface area contributed by atoms with Crippen molar-refractivity contribution in [1.29, 1.82) is 0 Å². The lowest BCUT2D eigenvalue weighted by Crippen LogP contribution is -2.31. The number of aliphatic hydroxyl groups is 1. The van der Waals surface area contributed by atoms with Gasteiger partial charge in [0.05, 0.1) is 6.61 Å². The first kappa shape index (κ1) is 11.9. The number of nitrogens with zero attached hydrogens (tertiary/aromatic N) is 1. The summed E-state index contributed by atoms with van der Waals surface area (Å²) in [6, 6.07) is 6.16. The summed E-state index contributed by atoms with van der Waals surface area (Å²) in [5, 5.41) is 8.72. The standard InChI is InChI=1S/C13H17NO3/c1-14(13(16)9-15)6-4-10-2-3-12-11(8-10)5-7-17-12/h2-3,8,15H,4-7,9H2,1H3. The molecule has 0 atom stereocenters. The number of fused-ring (bicyclic) bond motifs is 1. The molecule has 0 aliphatic carbocycles. The molecule has 1 N–H and O–H groups in total. The van der Waals surface area contributed by atoms with Crippen molar-refractivity contribution >= 4 is 5.91 Å². The van der Waals surface area contributed by atoms with Gasteiger partial charge in [0.2, 0.25) is 5.91 Å². The zero-order chi connectivity index (χ0) is 12.3. The molecule has 0 spiro atoms. The van der Waals surface area contributed by atoms with E-state index < -0.39 is 6.61 Å². The van der Waals surface area contributed by atoms with E-state index in [2.05, 4.69) is 6.07 Å². The van der Waals surface area contributed by atoms with Crippen molar-refractivity contribution in [3.8, 4) is 5.75 Å². The highest BCUT2D eigenvalue weighted by Gasteiger charge is 2.12. The van der Waals surface area contributed by atoms with Crippen LogP contribution in [-0.4, -0.2) is 42.7 Å². The number of ether oxygens (including phenoxy) is 1. The van der Waals surface area contributed by atoms with Crippen molar-refractivity contribution < 1.29 is 14.6 Å². The van der Waals surface area contributed by atoms with Crippen molar-refractivity contribution in [2.45, 2.75) is 12.8 Å². The predicted molar refractivity (Wildman–Crippen MR) is 64.1 cm³/mol. The van der Waals surface area contributed by atoms with Gasteiger partial charge in [-0.25, -0.2) is 0 Å². The van der Waals surface area contributed by atoms with Gasteiger partial charge < -0.3 is 14.7 Å². The summed E-state index contributed by atoms with van der Waals surface area (Å²) in [4.78, 5) is 12.7. The lowest BCUT2D eigenvalue weighted by Gasteiger charge is -2.15. The summed E-state index contributed by atoms with van der Waals surface area (Å²) in [5.74, 6) is 0.739. The molecular formula is C13H17NO3. The molecule has 2 rings (SSSR count). The van der Waals surface area contributed by atoms with Gasteiger partial charge >= 0.3 is 0 Å². The number of benzene rings is 1. The van der Waals surface area contributed by atoms with Gasteiger partial charge in [-0.1, -0.05) is 12.1 Å². The first-order valence-corrected chi connectivity index (χ1v) is 5.80. The molecule has 0 fully saturated rings. The van der Waals surface area contributed by atoms with Crippen LogP contribution >= 0.6 is 0 Å². The number of amides is 1. The summed E-state index contributed by atoms with van der Waals surface area (Å²) in [7, 11) is 1.70. The van der Waals surface area contributed by atoms with E-state index in [1.807, 2.05) is 12.1 Å². The fourth-order valence-electron chi connectivity index (χ4n) is 1.94. The average Bonchev–Trinajstić information content (AvgIpc) is 2.82. The number of hydrogen-bond acceptors (Lipinski definition) is 3. The van der Waals surface area contributed by atoms with E-state index in [0.717, 1.165) is 25.2 Å². The maximum atomic E-state index is 11.2. The molecule has 4 heteroatoms. The highest BCUT2D eigenvalue weighted by atomic mass is 16.5. The van der Waals surface area contributed by atoms with Crippen LogP contribution in [-0.2, 0) is 17.6 Å². The number of carbonyl (C=O) groups is 1. The molecule has 17 heavy (non-hydrogen) atoms. The molecule has 0 saturated carbocycles. The van der Waals surface area contributed by atoms with Crippen molar-refractivity contribution in [2.75, 3.05) is 26.8 Å². The Morgan fingerprint density at radius 2 is 2.35 bits per heavy atom. The highest BCUT2D eigenvalue weighted by Crippen LogP contribution is 2.25. The Balaban J connectivity index is 1.93. The summed E-state index contributed by atoms with van der Waals surface area (Å²) in [6.07, 6.45) is 1.77. The Labute approximate surface area is 101 Å². The monoisotopic (exact) mass is 235 g/mol. The van der Waals surface area contributed by atoms with Crippen LogP contribution in [0.3, 0.4) is 0 Å². The molecule has 0 bridgehead atoms. The molecule has 1 aromatic carbocycles. The average molecular weight is 235 g/mol. The van der Waals surface area contributed by atoms with Crippen LogP contribution in [0.2, 0.25) is 0 Å². The van der Waals surface area contributed by atoms with Crippen molar-refractivity contribution in [2.24, 2.45) is 0 Å². The van der Waals surface area contributed by atoms with Gasteiger partial charge in [-0.05, 0) is 23.6 Å². The third-order valence-electron chi connectivity index (χ3n) is 3.05. The maximum absolute atomic E-state index is 11.2. The Bertz CT molecular complexity index is 417. The summed E-state index contributed by atoms with van der Waals surface area (Å²) < 4.78 is 5.44. The molecule has 1 aliphatic heterocycles. The number of aliphatic hydroxyl groups excluding tert-OH is 1. The van der Waals surface area contributed by atoms with Gasteiger partial charge in [-0.2, -0.15) is 0 Å². The second-order valence-electron chi connectivity index (χ2n) is 4.26. The molecule has 0 saturated heterocycles. The van der Waals surface area contributed by atoms with Crippen LogP contribution < -0.4 is 4.74 Å². The summed E-state index contributed by atoms with van der Waals surface area (Å²) in [6.45, 7) is 0.968. The second-order valence-corrected chi connectivity index (χ2v) is 4.26. The van der Waals surface area contributed by atoms with E-state index >= 15 is 0 Å². The van der Waals surface area contributed by atoms with Crippen LogP contribution in [0.4, 0.5) is 0 Å². The largest absolute Gasteiger partial charge is 0.493 e. The highest BCUT2D eigenvalue weighted by molar-refractivity contribution is 5.76. The van der Waals surface area contributed by atoms with E-state index in [4.69, 9.17) is 9.84 Å². The van der Waals surface area contributed by atoms with Crippen molar-refractivity contribution in [3.63, 3.8) is 0 Å². The van der Waals surface area contributed by atoms with Gasteiger partial charge in [0.1, 0.15) is 12.4 Å². The van der Waals surface area contributed by atoms with Crippen LogP contribution in [0.15, 0.2) is 18.2 Å². The Morgan fingerprint density at radius 3 is 3.12 bits per heavy atom. The second kappa shape index (κ2) is 5.19. The SMILES string of the molecule is CN(CCc1ccc2c(c1)CCO2)C(=O)CO. The minimum Gasteiger partial charge on any atom is -0.493 e. The summed E-state index contributed by atoms with van der Waals surface area (Å²) in [5.41, 5.74) is 2.45. The van der Waals surface area contributed by atoms with Gasteiger partial charge in [0.15, 0.2) is 0 Å². The zero-order valence-electron chi connectivity index (χ0n) is 9.98. The zero-order valence-corrected chi connectivity index (χ0v) is 9.98. The number of likely N-dealkylation sites (N-methyl/N-ethyl adjacent to an activating group) is 1. The smallest absolute Gasteiger partial charge is 0.248 e. The van der Waals surface area contributed by atoms with E-state index in [9.17, 15) is 4.79 Å². The molecule has 92 valence electrons. The topological polar surface area (TPSA) is 49.8 Å². The predicted octanol–water partition coefficient (Wildman–Crippen LogP) is 0.615. The lowest BCUT2D eigenvalue weighted by molar-refractivity contribution is -0.132. The third kappa shape index (κ3) is 2.77. The first-order chi connectivity index (χ1) is 8.20. The molecule has 0 unspecified atom stereocenters. The van der Waals surface area contributed by atoms with Crippen LogP contribution in [0.25, 0.3) is 0 Å². The van der Waals surface area contributed by atoms with E-state index in [1.165, 1.54) is 11.1 Å². The van der Waals surface area contributed by atoms with E-state index in [0.29, 0.717) is 6.54 Å². The maximum Gasteiger partial charge on any atom is 0.248 e. The van der Waals surface area contributed by atoms with E-state index in [1.54, 1.807) is 11.9 Å². The minimum absolute atomic E-state index is 0.241. The number of hydrogen-bond donors (Lipinski definition) is 1. The molecule has 1 heterocycles. The molecule has 4 nitrogen and oxygen atoms in total. The molecule has 1 aromatic rings. The van der Waals surface area contributed by atoms with E-state index in [-0.39, 0.29) is 5.91 Å². The molecule has 0 aromatic heterocycles. The molecule has 0 radical (unpaired) electrons. The minimum atomic E-state index is -0.422. The molecular weight excluding hydrogens is 218 g/mol. The van der Waals surface area contributed by atoms with Gasteiger partial charge in [-0.15, -0.1) is 0 Å². The quantitative estimate of drug-likeness (QED) is 0.832. The Hall–Kier alpha value is -1.55. The Kier molecular flexibility index (Phi) is 3.64. The van der Waals surface area contributed by atoms with Crippen LogP contribution in [0.5, 0.6) is 5.75 Å². The fourth-order valence-corrected chi connectivity index (χ4v) is 1.94. The number of rotatable bonds is 4. The normalized spacial score (nSPS) is 13.1. The molecule has 1 amide bonds. The lowest BCUT2D eigenvalue weighted by atomic mass is 10.1. The number of carbonyl (C=O) groups excluding carboxylic acids is 1. The van der Waals surface area contributed by atoms with Crippen molar-refractivity contribution in [1.82, 2.24) is 4.90 Å². The third-order valence-corrected chi connectivity index (χ3v) is 3.05.